The second kappa shape index (κ2) is 5.45. The third kappa shape index (κ3) is 2.96. The van der Waals surface area contributed by atoms with Gasteiger partial charge in [-0.3, -0.25) is 4.79 Å². The van der Waals surface area contributed by atoms with Gasteiger partial charge in [0.15, 0.2) is 5.78 Å². The lowest BCUT2D eigenvalue weighted by Gasteiger charge is -2.05. The fraction of sp³-hybridized carbons (Fsp3) is 0.0714. The standard InChI is InChI=1S/C14H8ClF3O/c15-8-4-5-9(13(18)6-8)14(19)7-10-11(16)2-1-3-12(10)17/h1-6H,7H2. The van der Waals surface area contributed by atoms with Crippen LogP contribution in [0, 0.1) is 17.5 Å². The Kier molecular flexibility index (Phi) is 3.90. The number of benzene rings is 2. The highest BCUT2D eigenvalue weighted by Gasteiger charge is 2.17. The number of hydrogen-bond acceptors (Lipinski definition) is 1. The number of ketones is 1. The van der Waals surface area contributed by atoms with Crippen LogP contribution in [0.25, 0.3) is 0 Å². The lowest BCUT2D eigenvalue weighted by atomic mass is 10.0. The summed E-state index contributed by atoms with van der Waals surface area (Å²) in [6.45, 7) is 0. The van der Waals surface area contributed by atoms with E-state index in [0.29, 0.717) is 0 Å². The first kappa shape index (κ1) is 13.6. The molecular weight excluding hydrogens is 277 g/mol. The van der Waals surface area contributed by atoms with Crippen LogP contribution >= 0.6 is 11.6 Å². The maximum Gasteiger partial charge on any atom is 0.170 e. The van der Waals surface area contributed by atoms with Crippen molar-refractivity contribution >= 4 is 17.4 Å². The Morgan fingerprint density at radius 3 is 2.21 bits per heavy atom. The molecule has 0 fully saturated rings. The molecule has 0 radical (unpaired) electrons. The highest BCUT2D eigenvalue weighted by Crippen LogP contribution is 2.19. The predicted molar refractivity (Wildman–Crippen MR) is 65.8 cm³/mol. The summed E-state index contributed by atoms with van der Waals surface area (Å²) >= 11 is 5.56. The van der Waals surface area contributed by atoms with Gasteiger partial charge in [-0.25, -0.2) is 13.2 Å². The van der Waals surface area contributed by atoms with E-state index in [4.69, 9.17) is 11.6 Å². The van der Waals surface area contributed by atoms with Crippen LogP contribution in [0.15, 0.2) is 36.4 Å². The monoisotopic (exact) mass is 284 g/mol. The summed E-state index contributed by atoms with van der Waals surface area (Å²) in [5.74, 6) is -3.18. The van der Waals surface area contributed by atoms with Gasteiger partial charge in [0, 0.05) is 17.0 Å². The zero-order chi connectivity index (χ0) is 14.0. The van der Waals surface area contributed by atoms with Crippen LogP contribution in [0.2, 0.25) is 5.02 Å². The number of Topliss-reactive ketones (excluding diaryl/α,β-unsaturated/α-hetero) is 1. The second-order valence-corrected chi connectivity index (χ2v) is 4.36. The Bertz CT molecular complexity index is 620. The summed E-state index contributed by atoms with van der Waals surface area (Å²) < 4.78 is 40.3. The Morgan fingerprint density at radius 2 is 1.63 bits per heavy atom. The molecule has 0 aliphatic rings. The fourth-order valence-corrected chi connectivity index (χ4v) is 1.83. The van der Waals surface area contributed by atoms with E-state index in [0.717, 1.165) is 18.2 Å². The van der Waals surface area contributed by atoms with Gasteiger partial charge in [0.25, 0.3) is 0 Å². The molecule has 1 nitrogen and oxygen atoms in total. The molecule has 0 unspecified atom stereocenters. The Hall–Kier alpha value is -1.81. The maximum atomic E-state index is 13.5. The quantitative estimate of drug-likeness (QED) is 0.773. The van der Waals surface area contributed by atoms with Crippen LogP contribution in [0.1, 0.15) is 15.9 Å². The molecule has 0 aromatic heterocycles. The van der Waals surface area contributed by atoms with Gasteiger partial charge in [-0.1, -0.05) is 17.7 Å². The van der Waals surface area contributed by atoms with Gasteiger partial charge in [-0.2, -0.15) is 0 Å². The number of hydrogen-bond donors (Lipinski definition) is 0. The van der Waals surface area contributed by atoms with Crippen LogP contribution in [-0.2, 0) is 6.42 Å². The van der Waals surface area contributed by atoms with E-state index in [1.54, 1.807) is 0 Å². The summed E-state index contributed by atoms with van der Waals surface area (Å²) in [6.07, 6.45) is -0.545. The Labute approximate surface area is 112 Å². The summed E-state index contributed by atoms with van der Waals surface area (Å²) in [5, 5.41) is 0.145. The van der Waals surface area contributed by atoms with Gasteiger partial charge < -0.3 is 0 Å². The number of halogens is 4. The maximum absolute atomic E-state index is 13.5. The first-order valence-corrected chi connectivity index (χ1v) is 5.78. The molecule has 0 bridgehead atoms. The first-order chi connectivity index (χ1) is 8.99. The first-order valence-electron chi connectivity index (χ1n) is 5.40. The number of carbonyl (C=O) groups excluding carboxylic acids is 1. The number of carbonyl (C=O) groups is 1. The van der Waals surface area contributed by atoms with Gasteiger partial charge in [0.1, 0.15) is 17.5 Å². The molecule has 2 rings (SSSR count). The van der Waals surface area contributed by atoms with Crippen LogP contribution in [0.4, 0.5) is 13.2 Å². The highest BCUT2D eigenvalue weighted by molar-refractivity contribution is 6.30. The smallest absolute Gasteiger partial charge is 0.170 e. The van der Waals surface area contributed by atoms with Crippen molar-refractivity contribution in [2.75, 3.05) is 0 Å². The minimum Gasteiger partial charge on any atom is -0.294 e. The van der Waals surface area contributed by atoms with E-state index < -0.39 is 29.7 Å². The molecule has 0 saturated heterocycles. The number of rotatable bonds is 3. The normalized spacial score (nSPS) is 10.5. The molecule has 0 aliphatic heterocycles. The molecule has 0 saturated carbocycles. The summed E-state index contributed by atoms with van der Waals surface area (Å²) in [5.41, 5.74) is -0.617. The largest absolute Gasteiger partial charge is 0.294 e. The highest BCUT2D eigenvalue weighted by atomic mass is 35.5. The van der Waals surface area contributed by atoms with Crippen molar-refractivity contribution in [3.8, 4) is 0 Å². The molecule has 98 valence electrons. The molecule has 0 N–H and O–H groups in total. The Balaban J connectivity index is 2.31. The van der Waals surface area contributed by atoms with Crippen molar-refractivity contribution in [1.82, 2.24) is 0 Å². The molecule has 0 amide bonds. The van der Waals surface area contributed by atoms with Crippen molar-refractivity contribution < 1.29 is 18.0 Å². The molecule has 0 atom stereocenters. The van der Waals surface area contributed by atoms with E-state index in [9.17, 15) is 18.0 Å². The second-order valence-electron chi connectivity index (χ2n) is 3.92. The van der Waals surface area contributed by atoms with Gasteiger partial charge in [-0.05, 0) is 30.3 Å². The van der Waals surface area contributed by atoms with Gasteiger partial charge >= 0.3 is 0 Å². The zero-order valence-corrected chi connectivity index (χ0v) is 10.3. The lowest BCUT2D eigenvalue weighted by molar-refractivity contribution is 0.0986. The third-order valence-electron chi connectivity index (χ3n) is 2.63. The van der Waals surface area contributed by atoms with Gasteiger partial charge in [0.2, 0.25) is 0 Å². The molecular formula is C14H8ClF3O. The van der Waals surface area contributed by atoms with E-state index in [1.165, 1.54) is 18.2 Å². The third-order valence-corrected chi connectivity index (χ3v) is 2.87. The fourth-order valence-electron chi connectivity index (χ4n) is 1.67. The van der Waals surface area contributed by atoms with E-state index in [2.05, 4.69) is 0 Å². The van der Waals surface area contributed by atoms with Crippen LogP contribution in [0.5, 0.6) is 0 Å². The van der Waals surface area contributed by atoms with Crippen LogP contribution < -0.4 is 0 Å². The SMILES string of the molecule is O=C(Cc1c(F)cccc1F)c1ccc(Cl)cc1F. The Morgan fingerprint density at radius 1 is 1.00 bits per heavy atom. The van der Waals surface area contributed by atoms with E-state index in [-0.39, 0.29) is 16.1 Å². The summed E-state index contributed by atoms with van der Waals surface area (Å²) in [4.78, 5) is 11.8. The van der Waals surface area contributed by atoms with E-state index in [1.807, 2.05) is 0 Å². The van der Waals surface area contributed by atoms with Gasteiger partial charge in [0.05, 0.1) is 5.56 Å². The average molecular weight is 285 g/mol. The molecule has 0 heterocycles. The minimum absolute atomic E-state index is 0.145. The topological polar surface area (TPSA) is 17.1 Å². The molecule has 5 heteroatoms. The van der Waals surface area contributed by atoms with Crippen molar-refractivity contribution in [2.24, 2.45) is 0 Å². The van der Waals surface area contributed by atoms with Gasteiger partial charge in [-0.15, -0.1) is 0 Å². The van der Waals surface area contributed by atoms with E-state index >= 15 is 0 Å². The zero-order valence-electron chi connectivity index (χ0n) is 9.59. The van der Waals surface area contributed by atoms with Crippen LogP contribution in [0.3, 0.4) is 0 Å². The summed E-state index contributed by atoms with van der Waals surface area (Å²) in [7, 11) is 0. The molecule has 0 aliphatic carbocycles. The van der Waals surface area contributed by atoms with Crippen molar-refractivity contribution in [2.45, 2.75) is 6.42 Å². The average Bonchev–Trinajstić information content (AvgIpc) is 2.33. The predicted octanol–water partition coefficient (Wildman–Crippen LogP) is 4.18. The summed E-state index contributed by atoms with van der Waals surface area (Å²) in [6, 6.07) is 6.80. The molecule has 2 aromatic carbocycles. The van der Waals surface area contributed by atoms with Crippen LogP contribution in [-0.4, -0.2) is 5.78 Å². The molecule has 0 spiro atoms. The van der Waals surface area contributed by atoms with Crippen molar-refractivity contribution in [1.29, 1.82) is 0 Å². The molecule has 2 aromatic rings. The molecule has 19 heavy (non-hydrogen) atoms. The van der Waals surface area contributed by atoms with Crippen molar-refractivity contribution in [3.05, 3.63) is 70.0 Å². The lowest BCUT2D eigenvalue weighted by Crippen LogP contribution is -2.09. The minimum atomic E-state index is -0.831. The van der Waals surface area contributed by atoms with Crippen molar-refractivity contribution in [3.63, 3.8) is 0 Å².